The molecule has 3 aromatic heterocycles. The Morgan fingerprint density at radius 2 is 1.31 bits per heavy atom. The SMILES string of the molecule is NC(Cc1c[nH]c2ccccc12)C(=O)NC(CS)C(=O)NC(Cc1cnc[nH]1)C(=O)NC(Cc1c[nH]c2ccccc12)C(=O)O. The van der Waals surface area contributed by atoms with Gasteiger partial charge in [0.15, 0.2) is 0 Å². The summed E-state index contributed by atoms with van der Waals surface area (Å²) in [6.45, 7) is 0. The van der Waals surface area contributed by atoms with E-state index in [1.807, 2.05) is 48.5 Å². The van der Waals surface area contributed by atoms with Crippen LogP contribution in [0.3, 0.4) is 0 Å². The molecule has 0 aliphatic carbocycles. The number of para-hydroxylation sites is 2. The van der Waals surface area contributed by atoms with E-state index in [9.17, 15) is 24.3 Å². The van der Waals surface area contributed by atoms with Gasteiger partial charge in [0.1, 0.15) is 18.1 Å². The van der Waals surface area contributed by atoms with Gasteiger partial charge in [-0.2, -0.15) is 12.6 Å². The summed E-state index contributed by atoms with van der Waals surface area (Å²) in [4.78, 5) is 65.1. The smallest absolute Gasteiger partial charge is 0.326 e. The molecular formula is C31H34N8O5S. The van der Waals surface area contributed by atoms with Crippen LogP contribution in [0.25, 0.3) is 21.8 Å². The average Bonchev–Trinajstić information content (AvgIpc) is 3.80. The molecule has 0 bridgehead atoms. The Morgan fingerprint density at radius 3 is 1.89 bits per heavy atom. The molecule has 5 rings (SSSR count). The maximum atomic E-state index is 13.5. The number of fused-ring (bicyclic) bond motifs is 2. The maximum Gasteiger partial charge on any atom is 0.326 e. The first-order valence-electron chi connectivity index (χ1n) is 14.3. The zero-order chi connectivity index (χ0) is 31.9. The molecule has 13 nitrogen and oxygen atoms in total. The normalized spacial score (nSPS) is 14.0. The van der Waals surface area contributed by atoms with Crippen molar-refractivity contribution in [3.8, 4) is 0 Å². The number of H-pyrrole nitrogens is 3. The molecule has 5 aromatic rings. The molecule has 0 saturated heterocycles. The fourth-order valence-corrected chi connectivity index (χ4v) is 5.45. The predicted octanol–water partition coefficient (Wildman–Crippen LogP) is 1.20. The van der Waals surface area contributed by atoms with Crippen LogP contribution in [-0.2, 0) is 38.4 Å². The van der Waals surface area contributed by atoms with Crippen LogP contribution in [0.5, 0.6) is 0 Å². The van der Waals surface area contributed by atoms with Crippen LogP contribution in [0, 0.1) is 0 Å². The highest BCUT2D eigenvalue weighted by atomic mass is 32.1. The van der Waals surface area contributed by atoms with Crippen LogP contribution >= 0.6 is 12.6 Å². The minimum absolute atomic E-state index is 0.00961. The lowest BCUT2D eigenvalue weighted by molar-refractivity contribution is -0.142. The van der Waals surface area contributed by atoms with E-state index < -0.39 is 47.9 Å². The van der Waals surface area contributed by atoms with Gasteiger partial charge in [-0.1, -0.05) is 36.4 Å². The fraction of sp³-hybridized carbons (Fsp3) is 0.258. The summed E-state index contributed by atoms with van der Waals surface area (Å²) in [5, 5.41) is 19.6. The number of imidazole rings is 1. The highest BCUT2D eigenvalue weighted by Crippen LogP contribution is 2.20. The second-order valence-electron chi connectivity index (χ2n) is 10.7. The van der Waals surface area contributed by atoms with E-state index in [-0.39, 0.29) is 25.0 Å². The van der Waals surface area contributed by atoms with Gasteiger partial charge >= 0.3 is 5.97 Å². The van der Waals surface area contributed by atoms with Gasteiger partial charge in [-0.25, -0.2) is 9.78 Å². The molecule has 0 radical (unpaired) electrons. The first-order valence-corrected chi connectivity index (χ1v) is 14.9. The summed E-state index contributed by atoms with van der Waals surface area (Å²) >= 11 is 4.24. The number of nitrogens with one attached hydrogen (secondary N) is 6. The van der Waals surface area contributed by atoms with Gasteiger partial charge in [0, 0.05) is 64.7 Å². The number of aromatic amines is 3. The molecule has 9 N–H and O–H groups in total. The number of nitrogens with zero attached hydrogens (tertiary/aromatic N) is 1. The van der Waals surface area contributed by atoms with Crippen molar-refractivity contribution >= 4 is 58.1 Å². The van der Waals surface area contributed by atoms with Crippen molar-refractivity contribution in [3.05, 3.63) is 90.3 Å². The molecule has 234 valence electrons. The van der Waals surface area contributed by atoms with E-state index in [1.54, 1.807) is 12.4 Å². The largest absolute Gasteiger partial charge is 0.480 e. The van der Waals surface area contributed by atoms with Crippen molar-refractivity contribution in [2.45, 2.75) is 43.4 Å². The van der Waals surface area contributed by atoms with Gasteiger partial charge in [0.25, 0.3) is 0 Å². The molecule has 4 unspecified atom stereocenters. The molecule has 0 saturated carbocycles. The van der Waals surface area contributed by atoms with E-state index in [4.69, 9.17) is 5.73 Å². The summed E-state index contributed by atoms with van der Waals surface area (Å²) < 4.78 is 0. The number of amides is 3. The number of hydrogen-bond acceptors (Lipinski definition) is 7. The molecule has 0 aliphatic heterocycles. The molecule has 3 amide bonds. The molecular weight excluding hydrogens is 596 g/mol. The van der Waals surface area contributed by atoms with Crippen LogP contribution in [-0.4, -0.2) is 78.7 Å². The summed E-state index contributed by atoms with van der Waals surface area (Å²) in [5.41, 5.74) is 10.1. The number of carboxylic acid groups (broad SMARTS) is 1. The van der Waals surface area contributed by atoms with E-state index in [2.05, 4.69) is 48.5 Å². The third kappa shape index (κ3) is 7.53. The lowest BCUT2D eigenvalue weighted by Gasteiger charge is -2.24. The number of thiol groups is 1. The lowest BCUT2D eigenvalue weighted by Crippen LogP contribution is -2.58. The molecule has 45 heavy (non-hydrogen) atoms. The van der Waals surface area contributed by atoms with Crippen LogP contribution < -0.4 is 21.7 Å². The first-order chi connectivity index (χ1) is 21.7. The number of hydrogen-bond donors (Lipinski definition) is 9. The van der Waals surface area contributed by atoms with Gasteiger partial charge in [0.05, 0.1) is 12.4 Å². The third-order valence-electron chi connectivity index (χ3n) is 7.59. The highest BCUT2D eigenvalue weighted by Gasteiger charge is 2.31. The van der Waals surface area contributed by atoms with Crippen LogP contribution in [0.4, 0.5) is 0 Å². The standard InChI is InChI=1S/C31H34N8O5S/c32-22(9-17-12-34-23-7-3-1-5-20(17)23)28(40)39-27(15-45)30(42)37-25(11-19-14-33-16-36-19)29(41)38-26(31(43)44)10-18-13-35-24-8-4-2-6-21(18)24/h1-8,12-14,16,22,25-27,34-35,45H,9-11,15,32H2,(H,33,36)(H,37,42)(H,38,41)(H,39,40)(H,43,44). The fourth-order valence-electron chi connectivity index (χ4n) is 5.19. The number of aliphatic carboxylic acids is 1. The third-order valence-corrected chi connectivity index (χ3v) is 7.96. The second-order valence-corrected chi connectivity index (χ2v) is 11.1. The monoisotopic (exact) mass is 630 g/mol. The predicted molar refractivity (Wildman–Crippen MR) is 172 cm³/mol. The minimum atomic E-state index is -1.28. The minimum Gasteiger partial charge on any atom is -0.480 e. The van der Waals surface area contributed by atoms with Crippen LogP contribution in [0.1, 0.15) is 16.8 Å². The Bertz CT molecular complexity index is 1800. The number of carbonyl (C=O) groups excluding carboxylic acids is 3. The van der Waals surface area contributed by atoms with E-state index in [1.165, 1.54) is 12.5 Å². The number of benzene rings is 2. The van der Waals surface area contributed by atoms with Gasteiger partial charge in [-0.15, -0.1) is 0 Å². The molecule has 3 heterocycles. The number of aromatic nitrogens is 4. The molecule has 0 fully saturated rings. The summed E-state index contributed by atoms with van der Waals surface area (Å²) in [5.74, 6) is -3.27. The van der Waals surface area contributed by atoms with Gasteiger partial charge < -0.3 is 41.7 Å². The van der Waals surface area contributed by atoms with Crippen molar-refractivity contribution in [2.75, 3.05) is 5.75 Å². The van der Waals surface area contributed by atoms with E-state index >= 15 is 0 Å². The second kappa shape index (κ2) is 14.1. The first kappa shape index (κ1) is 31.3. The average molecular weight is 631 g/mol. The molecule has 2 aromatic carbocycles. The topological polar surface area (TPSA) is 211 Å². The Hall–Kier alpha value is -5.08. The van der Waals surface area contributed by atoms with Crippen LogP contribution in [0.2, 0.25) is 0 Å². The van der Waals surface area contributed by atoms with Crippen molar-refractivity contribution in [2.24, 2.45) is 5.73 Å². The molecule has 4 atom stereocenters. The zero-order valence-electron chi connectivity index (χ0n) is 24.1. The Labute approximate surface area is 263 Å². The maximum absolute atomic E-state index is 13.5. The van der Waals surface area contributed by atoms with Gasteiger partial charge in [-0.3, -0.25) is 14.4 Å². The van der Waals surface area contributed by atoms with Crippen molar-refractivity contribution in [1.29, 1.82) is 0 Å². The number of nitrogens with two attached hydrogens (primary N) is 1. The molecule has 0 aliphatic rings. The van der Waals surface area contributed by atoms with Crippen LogP contribution in [0.15, 0.2) is 73.4 Å². The zero-order valence-corrected chi connectivity index (χ0v) is 25.0. The van der Waals surface area contributed by atoms with E-state index in [0.717, 1.165) is 27.4 Å². The quantitative estimate of drug-likeness (QED) is 0.0818. The van der Waals surface area contributed by atoms with Gasteiger partial charge in [0.2, 0.25) is 17.7 Å². The Kier molecular flexibility index (Phi) is 9.85. The Morgan fingerprint density at radius 1 is 0.756 bits per heavy atom. The van der Waals surface area contributed by atoms with Crippen molar-refractivity contribution in [3.63, 3.8) is 0 Å². The number of rotatable bonds is 14. The lowest BCUT2D eigenvalue weighted by atomic mass is 10.0. The van der Waals surface area contributed by atoms with Crippen molar-refractivity contribution in [1.82, 2.24) is 35.9 Å². The Balaban J connectivity index is 1.25. The number of carbonyl (C=O) groups is 4. The van der Waals surface area contributed by atoms with Crippen molar-refractivity contribution < 1.29 is 24.3 Å². The van der Waals surface area contributed by atoms with Gasteiger partial charge in [-0.05, 0) is 29.7 Å². The highest BCUT2D eigenvalue weighted by molar-refractivity contribution is 7.80. The molecule has 14 heteroatoms. The summed E-state index contributed by atoms with van der Waals surface area (Å²) in [7, 11) is 0. The summed E-state index contributed by atoms with van der Waals surface area (Å²) in [6, 6.07) is 10.5. The number of carboxylic acids is 1. The van der Waals surface area contributed by atoms with E-state index in [0.29, 0.717) is 11.3 Å². The summed E-state index contributed by atoms with van der Waals surface area (Å²) in [6.07, 6.45) is 6.66. The molecule has 0 spiro atoms.